The Morgan fingerprint density at radius 2 is 1.71 bits per heavy atom. The Balaban J connectivity index is 1.51. The fourth-order valence-electron chi connectivity index (χ4n) is 3.70. The number of hydrogen-bond acceptors (Lipinski definition) is 5. The molecule has 0 bridgehead atoms. The molecule has 0 spiro atoms. The number of nitrogens with one attached hydrogen (secondary N) is 1. The highest BCUT2D eigenvalue weighted by Gasteiger charge is 2.19. The Morgan fingerprint density at radius 1 is 0.971 bits per heavy atom. The van der Waals surface area contributed by atoms with Gasteiger partial charge in [-0.05, 0) is 55.7 Å². The highest BCUT2D eigenvalue weighted by Crippen LogP contribution is 2.33. The van der Waals surface area contributed by atoms with Gasteiger partial charge in [0.05, 0.1) is 18.4 Å². The Bertz CT molecular complexity index is 1270. The molecule has 0 saturated heterocycles. The predicted molar refractivity (Wildman–Crippen MR) is 137 cm³/mol. The zero-order chi connectivity index (χ0) is 23.9. The van der Waals surface area contributed by atoms with E-state index in [1.165, 1.54) is 22.9 Å². The second-order valence-electron chi connectivity index (χ2n) is 7.99. The SMILES string of the molecule is COc1ccccc1-c1nnc(SCC(=O)NCCc2ccccc2C)n1-c1ccc(C)cc1. The van der Waals surface area contributed by atoms with E-state index in [2.05, 4.69) is 34.6 Å². The predicted octanol–water partition coefficient (Wildman–Crippen LogP) is 5.01. The van der Waals surface area contributed by atoms with Crippen molar-refractivity contribution in [1.82, 2.24) is 20.1 Å². The molecule has 6 nitrogen and oxygen atoms in total. The molecule has 34 heavy (non-hydrogen) atoms. The second-order valence-corrected chi connectivity index (χ2v) is 8.94. The maximum Gasteiger partial charge on any atom is 0.230 e. The van der Waals surface area contributed by atoms with Gasteiger partial charge in [0.2, 0.25) is 5.91 Å². The molecule has 0 unspecified atom stereocenters. The van der Waals surface area contributed by atoms with Gasteiger partial charge in [0.15, 0.2) is 11.0 Å². The summed E-state index contributed by atoms with van der Waals surface area (Å²) in [5.74, 6) is 1.61. The van der Waals surface area contributed by atoms with Gasteiger partial charge < -0.3 is 10.1 Å². The van der Waals surface area contributed by atoms with E-state index in [0.29, 0.717) is 23.3 Å². The van der Waals surface area contributed by atoms with Crippen LogP contribution in [0.3, 0.4) is 0 Å². The number of benzene rings is 3. The van der Waals surface area contributed by atoms with E-state index in [4.69, 9.17) is 4.74 Å². The minimum absolute atomic E-state index is 0.0316. The molecule has 0 radical (unpaired) electrons. The van der Waals surface area contributed by atoms with E-state index >= 15 is 0 Å². The van der Waals surface area contributed by atoms with Gasteiger partial charge in [-0.3, -0.25) is 9.36 Å². The van der Waals surface area contributed by atoms with E-state index in [1.54, 1.807) is 7.11 Å². The first kappa shape index (κ1) is 23.6. The molecule has 0 saturated carbocycles. The lowest BCUT2D eigenvalue weighted by atomic mass is 10.1. The van der Waals surface area contributed by atoms with Crippen LogP contribution in [0.4, 0.5) is 0 Å². The molecule has 3 aromatic carbocycles. The van der Waals surface area contributed by atoms with Crippen LogP contribution in [0.15, 0.2) is 78.0 Å². The number of aromatic nitrogens is 3. The summed E-state index contributed by atoms with van der Waals surface area (Å²) in [5, 5.41) is 12.5. The summed E-state index contributed by atoms with van der Waals surface area (Å²) in [4.78, 5) is 12.6. The van der Waals surface area contributed by atoms with E-state index in [0.717, 1.165) is 23.2 Å². The van der Waals surface area contributed by atoms with Gasteiger partial charge in [0.1, 0.15) is 5.75 Å². The maximum atomic E-state index is 12.6. The monoisotopic (exact) mass is 472 g/mol. The average molecular weight is 473 g/mol. The van der Waals surface area contributed by atoms with Crippen LogP contribution in [-0.2, 0) is 11.2 Å². The van der Waals surface area contributed by atoms with Crippen LogP contribution in [0.5, 0.6) is 5.75 Å². The molecule has 0 aliphatic heterocycles. The standard InChI is InChI=1S/C27H28N4O2S/c1-19-12-14-22(15-13-19)31-26(23-10-6-7-11-24(23)33-3)29-30-27(31)34-18-25(32)28-17-16-21-9-5-4-8-20(21)2/h4-15H,16-18H2,1-3H3,(H,28,32). The van der Waals surface area contributed by atoms with Crippen LogP contribution in [-0.4, -0.2) is 40.1 Å². The topological polar surface area (TPSA) is 69.0 Å². The molecule has 4 rings (SSSR count). The molecular formula is C27H28N4O2S. The number of amides is 1. The van der Waals surface area contributed by atoms with E-state index in [9.17, 15) is 4.79 Å². The van der Waals surface area contributed by atoms with Gasteiger partial charge >= 0.3 is 0 Å². The number of thioether (sulfide) groups is 1. The summed E-state index contributed by atoms with van der Waals surface area (Å²) in [7, 11) is 1.64. The van der Waals surface area contributed by atoms with Crippen molar-refractivity contribution in [3.8, 4) is 22.8 Å². The van der Waals surface area contributed by atoms with Crippen molar-refractivity contribution in [2.24, 2.45) is 0 Å². The van der Waals surface area contributed by atoms with Crippen molar-refractivity contribution in [3.63, 3.8) is 0 Å². The van der Waals surface area contributed by atoms with Gasteiger partial charge in [-0.2, -0.15) is 0 Å². The molecule has 0 aliphatic carbocycles. The highest BCUT2D eigenvalue weighted by atomic mass is 32.2. The van der Waals surface area contributed by atoms with Crippen LogP contribution in [0.25, 0.3) is 17.1 Å². The summed E-state index contributed by atoms with van der Waals surface area (Å²) in [6.45, 7) is 4.74. The number of hydrogen-bond donors (Lipinski definition) is 1. The Morgan fingerprint density at radius 3 is 2.47 bits per heavy atom. The molecule has 1 N–H and O–H groups in total. The Kier molecular flexibility index (Phi) is 7.65. The van der Waals surface area contributed by atoms with Gasteiger partial charge in [0, 0.05) is 12.2 Å². The summed E-state index contributed by atoms with van der Waals surface area (Å²) >= 11 is 1.37. The summed E-state index contributed by atoms with van der Waals surface area (Å²) in [6, 6.07) is 24.1. The number of rotatable bonds is 9. The number of aryl methyl sites for hydroxylation is 2. The Labute approximate surface area is 204 Å². The minimum atomic E-state index is -0.0316. The molecule has 1 heterocycles. The first-order valence-corrected chi connectivity index (χ1v) is 12.1. The lowest BCUT2D eigenvalue weighted by molar-refractivity contribution is -0.118. The maximum absolute atomic E-state index is 12.6. The normalized spacial score (nSPS) is 10.8. The average Bonchev–Trinajstić information content (AvgIpc) is 3.28. The lowest BCUT2D eigenvalue weighted by Gasteiger charge is -2.13. The number of para-hydroxylation sites is 1. The van der Waals surface area contributed by atoms with E-state index in [1.807, 2.05) is 72.2 Å². The molecular weight excluding hydrogens is 444 g/mol. The second kappa shape index (κ2) is 11.0. The zero-order valence-corrected chi connectivity index (χ0v) is 20.4. The molecule has 1 amide bonds. The first-order chi connectivity index (χ1) is 16.6. The molecule has 0 atom stereocenters. The Hall–Kier alpha value is -3.58. The minimum Gasteiger partial charge on any atom is -0.496 e. The quantitative estimate of drug-likeness (QED) is 0.347. The summed E-state index contributed by atoms with van der Waals surface area (Å²) < 4.78 is 7.53. The van der Waals surface area contributed by atoms with Gasteiger partial charge in [-0.25, -0.2) is 0 Å². The van der Waals surface area contributed by atoms with Gasteiger partial charge in [0.25, 0.3) is 0 Å². The first-order valence-electron chi connectivity index (χ1n) is 11.2. The van der Waals surface area contributed by atoms with Crippen molar-refractivity contribution in [1.29, 1.82) is 0 Å². The number of nitrogens with zero attached hydrogens (tertiary/aromatic N) is 3. The molecule has 0 aliphatic rings. The van der Waals surface area contributed by atoms with Gasteiger partial charge in [-0.15, -0.1) is 10.2 Å². The van der Waals surface area contributed by atoms with Crippen LogP contribution >= 0.6 is 11.8 Å². The summed E-state index contributed by atoms with van der Waals surface area (Å²) in [5.41, 5.74) is 5.42. The molecule has 4 aromatic rings. The molecule has 7 heteroatoms. The fourth-order valence-corrected chi connectivity index (χ4v) is 4.48. The molecule has 0 fully saturated rings. The number of ether oxygens (including phenoxy) is 1. The third-order valence-corrected chi connectivity index (χ3v) is 6.51. The van der Waals surface area contributed by atoms with Crippen molar-refractivity contribution >= 4 is 17.7 Å². The lowest BCUT2D eigenvalue weighted by Crippen LogP contribution is -2.27. The van der Waals surface area contributed by atoms with Crippen molar-refractivity contribution < 1.29 is 9.53 Å². The van der Waals surface area contributed by atoms with Crippen molar-refractivity contribution in [3.05, 3.63) is 89.5 Å². The zero-order valence-electron chi connectivity index (χ0n) is 19.6. The third kappa shape index (κ3) is 5.48. The van der Waals surface area contributed by atoms with E-state index in [-0.39, 0.29) is 11.7 Å². The van der Waals surface area contributed by atoms with Crippen LogP contribution in [0, 0.1) is 13.8 Å². The van der Waals surface area contributed by atoms with E-state index < -0.39 is 0 Å². The van der Waals surface area contributed by atoms with Crippen LogP contribution < -0.4 is 10.1 Å². The van der Waals surface area contributed by atoms with Crippen molar-refractivity contribution in [2.75, 3.05) is 19.4 Å². The summed E-state index contributed by atoms with van der Waals surface area (Å²) in [6.07, 6.45) is 0.806. The highest BCUT2D eigenvalue weighted by molar-refractivity contribution is 7.99. The van der Waals surface area contributed by atoms with Crippen molar-refractivity contribution in [2.45, 2.75) is 25.4 Å². The van der Waals surface area contributed by atoms with Crippen LogP contribution in [0.2, 0.25) is 0 Å². The van der Waals surface area contributed by atoms with Gasteiger partial charge in [-0.1, -0.05) is 65.9 Å². The number of carbonyl (C=O) groups excluding carboxylic acids is 1. The number of methoxy groups -OCH3 is 1. The third-order valence-electron chi connectivity index (χ3n) is 5.58. The fraction of sp³-hybridized carbons (Fsp3) is 0.222. The van der Waals surface area contributed by atoms with Crippen LogP contribution in [0.1, 0.15) is 16.7 Å². The smallest absolute Gasteiger partial charge is 0.230 e. The number of carbonyl (C=O) groups is 1. The molecule has 1 aromatic heterocycles. The molecule has 174 valence electrons. The largest absolute Gasteiger partial charge is 0.496 e.